The van der Waals surface area contributed by atoms with E-state index in [1.807, 2.05) is 0 Å². The molecular formula is C18H24FN5O. The number of benzene rings is 1. The van der Waals surface area contributed by atoms with Crippen molar-refractivity contribution in [3.63, 3.8) is 0 Å². The molecule has 0 spiro atoms. The van der Waals surface area contributed by atoms with Gasteiger partial charge in [-0.3, -0.25) is 0 Å². The SMILES string of the molecule is CC(C)C(NC(=O)N(C)Cc1ccc(F)cc1)c1nnc2n1CCC2. The van der Waals surface area contributed by atoms with E-state index in [1.54, 1.807) is 24.1 Å². The maximum Gasteiger partial charge on any atom is 0.318 e. The Morgan fingerprint density at radius 2 is 2.04 bits per heavy atom. The van der Waals surface area contributed by atoms with Crippen LogP contribution in [0.15, 0.2) is 24.3 Å². The predicted molar refractivity (Wildman–Crippen MR) is 92.3 cm³/mol. The predicted octanol–water partition coefficient (Wildman–Crippen LogP) is 2.90. The summed E-state index contributed by atoms with van der Waals surface area (Å²) in [5.74, 6) is 1.73. The molecule has 0 saturated heterocycles. The number of carbonyl (C=O) groups is 1. The van der Waals surface area contributed by atoms with Crippen LogP contribution >= 0.6 is 0 Å². The summed E-state index contributed by atoms with van der Waals surface area (Å²) >= 11 is 0. The van der Waals surface area contributed by atoms with Crippen LogP contribution in [0.1, 0.15) is 43.5 Å². The lowest BCUT2D eigenvalue weighted by Crippen LogP contribution is -2.41. The van der Waals surface area contributed by atoms with E-state index in [0.29, 0.717) is 6.54 Å². The molecule has 1 N–H and O–H groups in total. The fourth-order valence-electron chi connectivity index (χ4n) is 3.11. The number of halogens is 1. The fraction of sp³-hybridized carbons (Fsp3) is 0.500. The first-order valence-corrected chi connectivity index (χ1v) is 8.63. The molecule has 7 heteroatoms. The lowest BCUT2D eigenvalue weighted by atomic mass is 10.0. The van der Waals surface area contributed by atoms with Gasteiger partial charge < -0.3 is 14.8 Å². The zero-order chi connectivity index (χ0) is 18.0. The van der Waals surface area contributed by atoms with Crippen molar-refractivity contribution in [2.24, 2.45) is 5.92 Å². The van der Waals surface area contributed by atoms with Crippen LogP contribution in [-0.4, -0.2) is 32.7 Å². The Hall–Kier alpha value is -2.44. The van der Waals surface area contributed by atoms with Gasteiger partial charge >= 0.3 is 6.03 Å². The number of hydrogen-bond donors (Lipinski definition) is 1. The van der Waals surface area contributed by atoms with Crippen LogP contribution in [0.3, 0.4) is 0 Å². The topological polar surface area (TPSA) is 63.1 Å². The second kappa shape index (κ2) is 7.21. The van der Waals surface area contributed by atoms with Gasteiger partial charge in [-0.25, -0.2) is 9.18 Å². The van der Waals surface area contributed by atoms with Crippen LogP contribution in [0, 0.1) is 11.7 Å². The number of nitrogens with zero attached hydrogens (tertiary/aromatic N) is 4. The third-order valence-electron chi connectivity index (χ3n) is 4.54. The molecule has 1 atom stereocenters. The van der Waals surface area contributed by atoms with Crippen molar-refractivity contribution >= 4 is 6.03 Å². The van der Waals surface area contributed by atoms with Crippen LogP contribution in [-0.2, 0) is 19.5 Å². The highest BCUT2D eigenvalue weighted by atomic mass is 19.1. The molecule has 0 aliphatic carbocycles. The fourth-order valence-corrected chi connectivity index (χ4v) is 3.11. The molecule has 0 fully saturated rings. The largest absolute Gasteiger partial charge is 0.328 e. The molecule has 134 valence electrons. The third kappa shape index (κ3) is 3.81. The number of aromatic nitrogens is 3. The van der Waals surface area contributed by atoms with Gasteiger partial charge in [-0.15, -0.1) is 10.2 Å². The highest BCUT2D eigenvalue weighted by Gasteiger charge is 2.28. The first-order valence-electron chi connectivity index (χ1n) is 8.63. The van der Waals surface area contributed by atoms with Crippen molar-refractivity contribution < 1.29 is 9.18 Å². The average Bonchev–Trinajstić information content (AvgIpc) is 3.18. The Morgan fingerprint density at radius 3 is 2.72 bits per heavy atom. The molecule has 2 amide bonds. The summed E-state index contributed by atoms with van der Waals surface area (Å²) in [5, 5.41) is 11.6. The Labute approximate surface area is 147 Å². The molecular weight excluding hydrogens is 321 g/mol. The monoisotopic (exact) mass is 345 g/mol. The molecule has 1 aromatic heterocycles. The van der Waals surface area contributed by atoms with Crippen molar-refractivity contribution in [3.8, 4) is 0 Å². The summed E-state index contributed by atoms with van der Waals surface area (Å²) in [6.07, 6.45) is 2.01. The number of carbonyl (C=O) groups excluding carboxylic acids is 1. The first kappa shape index (κ1) is 17.4. The molecule has 2 heterocycles. The van der Waals surface area contributed by atoms with Gasteiger partial charge in [-0.1, -0.05) is 26.0 Å². The van der Waals surface area contributed by atoms with E-state index in [2.05, 4.69) is 33.9 Å². The second-order valence-electron chi connectivity index (χ2n) is 6.88. The quantitative estimate of drug-likeness (QED) is 0.906. The summed E-state index contributed by atoms with van der Waals surface area (Å²) in [4.78, 5) is 14.2. The highest BCUT2D eigenvalue weighted by molar-refractivity contribution is 5.74. The van der Waals surface area contributed by atoms with Gasteiger partial charge in [-0.05, 0) is 30.0 Å². The van der Waals surface area contributed by atoms with Crippen LogP contribution in [0.5, 0.6) is 0 Å². The van der Waals surface area contributed by atoms with E-state index in [4.69, 9.17) is 0 Å². The van der Waals surface area contributed by atoms with Crippen molar-refractivity contribution in [2.45, 2.75) is 45.8 Å². The Kier molecular flexibility index (Phi) is 5.01. The summed E-state index contributed by atoms with van der Waals surface area (Å²) in [6, 6.07) is 5.80. The van der Waals surface area contributed by atoms with E-state index >= 15 is 0 Å². The van der Waals surface area contributed by atoms with E-state index in [0.717, 1.165) is 36.6 Å². The van der Waals surface area contributed by atoms with Crippen LogP contribution in [0.25, 0.3) is 0 Å². The molecule has 1 aromatic carbocycles. The van der Waals surface area contributed by atoms with Crippen molar-refractivity contribution in [2.75, 3.05) is 7.05 Å². The summed E-state index contributed by atoms with van der Waals surface area (Å²) in [5.41, 5.74) is 0.878. The highest BCUT2D eigenvalue weighted by Crippen LogP contribution is 2.24. The molecule has 1 aliphatic rings. The van der Waals surface area contributed by atoms with Crippen LogP contribution in [0.2, 0.25) is 0 Å². The number of urea groups is 1. The van der Waals surface area contributed by atoms with Crippen molar-refractivity contribution in [3.05, 3.63) is 47.3 Å². The summed E-state index contributed by atoms with van der Waals surface area (Å²) < 4.78 is 15.1. The Bertz CT molecular complexity index is 740. The number of fused-ring (bicyclic) bond motifs is 1. The van der Waals surface area contributed by atoms with Gasteiger partial charge in [0.1, 0.15) is 11.6 Å². The standard InChI is InChI=1S/C18H24FN5O/c1-12(2)16(17-22-21-15-5-4-10-24(15)17)20-18(25)23(3)11-13-6-8-14(19)9-7-13/h6-9,12,16H,4-5,10-11H2,1-3H3,(H,20,25). The lowest BCUT2D eigenvalue weighted by molar-refractivity contribution is 0.197. The van der Waals surface area contributed by atoms with E-state index < -0.39 is 0 Å². The van der Waals surface area contributed by atoms with E-state index in [-0.39, 0.29) is 23.8 Å². The minimum atomic E-state index is -0.281. The maximum atomic E-state index is 13.0. The first-order chi connectivity index (χ1) is 12.0. The molecule has 3 rings (SSSR count). The van der Waals surface area contributed by atoms with Crippen molar-refractivity contribution in [1.29, 1.82) is 0 Å². The van der Waals surface area contributed by atoms with Gasteiger partial charge in [0.25, 0.3) is 0 Å². The number of hydrogen-bond acceptors (Lipinski definition) is 3. The van der Waals surface area contributed by atoms with Gasteiger partial charge in [0.15, 0.2) is 5.82 Å². The van der Waals surface area contributed by atoms with Crippen LogP contribution in [0.4, 0.5) is 9.18 Å². The van der Waals surface area contributed by atoms with Crippen LogP contribution < -0.4 is 5.32 Å². The number of aryl methyl sites for hydroxylation is 1. The zero-order valence-electron chi connectivity index (χ0n) is 14.9. The van der Waals surface area contributed by atoms with Gasteiger partial charge in [0.05, 0.1) is 6.04 Å². The maximum absolute atomic E-state index is 13.0. The zero-order valence-corrected chi connectivity index (χ0v) is 14.9. The smallest absolute Gasteiger partial charge is 0.318 e. The van der Waals surface area contributed by atoms with E-state index in [9.17, 15) is 9.18 Å². The molecule has 6 nitrogen and oxygen atoms in total. The second-order valence-corrected chi connectivity index (χ2v) is 6.88. The minimum Gasteiger partial charge on any atom is -0.328 e. The molecule has 0 bridgehead atoms. The molecule has 1 unspecified atom stereocenters. The minimum absolute atomic E-state index is 0.182. The number of amides is 2. The Morgan fingerprint density at radius 1 is 1.32 bits per heavy atom. The normalized spacial score (nSPS) is 14.4. The molecule has 2 aromatic rings. The van der Waals surface area contributed by atoms with E-state index in [1.165, 1.54) is 12.1 Å². The summed E-state index contributed by atoms with van der Waals surface area (Å²) in [6.45, 7) is 5.43. The third-order valence-corrected chi connectivity index (χ3v) is 4.54. The molecule has 0 radical (unpaired) electrons. The number of nitrogens with one attached hydrogen (secondary N) is 1. The Balaban J connectivity index is 1.69. The molecule has 25 heavy (non-hydrogen) atoms. The van der Waals surface area contributed by atoms with Crippen molar-refractivity contribution in [1.82, 2.24) is 25.0 Å². The van der Waals surface area contributed by atoms with Gasteiger partial charge in [0.2, 0.25) is 0 Å². The van der Waals surface area contributed by atoms with Gasteiger partial charge in [-0.2, -0.15) is 0 Å². The van der Waals surface area contributed by atoms with Gasteiger partial charge in [0, 0.05) is 26.6 Å². The summed E-state index contributed by atoms with van der Waals surface area (Å²) in [7, 11) is 1.73. The lowest BCUT2D eigenvalue weighted by Gasteiger charge is -2.25. The average molecular weight is 345 g/mol. The number of rotatable bonds is 5. The molecule has 1 aliphatic heterocycles. The molecule has 0 saturated carbocycles.